The maximum atomic E-state index is 12.7. The van der Waals surface area contributed by atoms with Crippen LogP contribution in [0.15, 0.2) is 4.99 Å². The minimum atomic E-state index is -5.81. The lowest BCUT2D eigenvalue weighted by atomic mass is 9.98. The maximum Gasteiger partial charge on any atom is 0.431 e. The van der Waals surface area contributed by atoms with Crippen molar-refractivity contribution in [3.63, 3.8) is 0 Å². The van der Waals surface area contributed by atoms with Crippen molar-refractivity contribution in [2.45, 2.75) is 37.7 Å². The van der Waals surface area contributed by atoms with Gasteiger partial charge in [-0.05, 0) is 6.42 Å². The normalized spacial score (nSPS) is 20.3. The number of hydrogen-bond donors (Lipinski definition) is 0. The molecule has 0 aromatic carbocycles. The van der Waals surface area contributed by atoms with Crippen molar-refractivity contribution >= 4 is 11.7 Å². The molecule has 1 aliphatic heterocycles. The van der Waals surface area contributed by atoms with Crippen LogP contribution in [0.3, 0.4) is 0 Å². The first kappa shape index (κ1) is 14.8. The molecule has 0 bridgehead atoms. The number of hydrogen-bond acceptors (Lipinski definition) is 2. The SMILES string of the molecule is CCCC1=NC(C(F)(F)F)(C(F)(F)F)C(=O)N1C. The van der Waals surface area contributed by atoms with Gasteiger partial charge in [0.25, 0.3) is 5.91 Å². The fourth-order valence-electron chi connectivity index (χ4n) is 1.65. The molecule has 0 fully saturated rings. The zero-order valence-corrected chi connectivity index (χ0v) is 9.48. The topological polar surface area (TPSA) is 32.7 Å². The predicted octanol–water partition coefficient (Wildman–Crippen LogP) is 2.52. The van der Waals surface area contributed by atoms with E-state index in [-0.39, 0.29) is 12.8 Å². The molecule has 0 unspecified atom stereocenters. The average molecular weight is 276 g/mol. The van der Waals surface area contributed by atoms with Crippen molar-refractivity contribution in [3.8, 4) is 0 Å². The van der Waals surface area contributed by atoms with E-state index in [1.165, 1.54) is 0 Å². The van der Waals surface area contributed by atoms with Crippen molar-refractivity contribution in [3.05, 3.63) is 0 Å². The molecule has 3 nitrogen and oxygen atoms in total. The third-order valence-corrected chi connectivity index (χ3v) is 2.59. The molecule has 18 heavy (non-hydrogen) atoms. The number of carbonyl (C=O) groups is 1. The second-order valence-corrected chi connectivity index (χ2v) is 3.85. The van der Waals surface area contributed by atoms with Crippen molar-refractivity contribution in [2.75, 3.05) is 7.05 Å². The molecule has 0 atom stereocenters. The summed E-state index contributed by atoms with van der Waals surface area (Å²) < 4.78 is 76.0. The van der Waals surface area contributed by atoms with Gasteiger partial charge in [-0.25, -0.2) is 4.99 Å². The standard InChI is InChI=1S/C9H10F6N2O/c1-3-4-5-16-7(8(10,11)12,9(13,14)15)6(18)17(5)2/h3-4H2,1-2H3. The minimum absolute atomic E-state index is 0.129. The quantitative estimate of drug-likeness (QED) is 0.713. The van der Waals surface area contributed by atoms with Crippen LogP contribution >= 0.6 is 0 Å². The molecule has 0 saturated carbocycles. The highest BCUT2D eigenvalue weighted by molar-refractivity contribution is 6.09. The number of amidine groups is 1. The van der Waals surface area contributed by atoms with Gasteiger partial charge >= 0.3 is 17.9 Å². The van der Waals surface area contributed by atoms with Gasteiger partial charge in [0.2, 0.25) is 0 Å². The van der Waals surface area contributed by atoms with Gasteiger partial charge in [0.05, 0.1) is 0 Å². The summed E-state index contributed by atoms with van der Waals surface area (Å²) in [5, 5.41) is 0. The van der Waals surface area contributed by atoms with Crippen molar-refractivity contribution in [1.29, 1.82) is 0 Å². The lowest BCUT2D eigenvalue weighted by Crippen LogP contribution is -2.61. The second kappa shape index (κ2) is 4.13. The Balaban J connectivity index is 3.43. The molecule has 0 N–H and O–H groups in total. The largest absolute Gasteiger partial charge is 0.431 e. The fraction of sp³-hybridized carbons (Fsp3) is 0.778. The minimum Gasteiger partial charge on any atom is -0.301 e. The summed E-state index contributed by atoms with van der Waals surface area (Å²) in [7, 11) is 0.857. The number of amides is 1. The summed E-state index contributed by atoms with van der Waals surface area (Å²) in [5.74, 6) is -2.61. The van der Waals surface area contributed by atoms with Crippen molar-refractivity contribution < 1.29 is 31.1 Å². The zero-order valence-electron chi connectivity index (χ0n) is 9.48. The van der Waals surface area contributed by atoms with Gasteiger partial charge in [0.15, 0.2) is 0 Å². The summed E-state index contributed by atoms with van der Waals surface area (Å²) >= 11 is 0. The fourth-order valence-corrected chi connectivity index (χ4v) is 1.65. The van der Waals surface area contributed by atoms with E-state index in [0.29, 0.717) is 4.90 Å². The number of rotatable bonds is 2. The highest BCUT2D eigenvalue weighted by atomic mass is 19.4. The Bertz CT molecular complexity index is 369. The average Bonchev–Trinajstić information content (AvgIpc) is 2.42. The van der Waals surface area contributed by atoms with Gasteiger partial charge in [0, 0.05) is 13.5 Å². The Kier molecular flexibility index (Phi) is 3.39. The highest BCUT2D eigenvalue weighted by Gasteiger charge is 2.79. The number of alkyl halides is 6. The van der Waals surface area contributed by atoms with Crippen molar-refractivity contribution in [1.82, 2.24) is 4.90 Å². The monoisotopic (exact) mass is 276 g/mol. The number of halogens is 6. The molecule has 1 rings (SSSR count). The Labute approximate surface area is 98.5 Å². The Morgan fingerprint density at radius 3 is 1.89 bits per heavy atom. The molecule has 0 aliphatic carbocycles. The summed E-state index contributed by atoms with van der Waals surface area (Å²) in [5.41, 5.74) is -4.65. The van der Waals surface area contributed by atoms with Crippen LogP contribution in [-0.4, -0.2) is 41.6 Å². The maximum absolute atomic E-state index is 12.7. The van der Waals surface area contributed by atoms with E-state index in [2.05, 4.69) is 4.99 Å². The highest BCUT2D eigenvalue weighted by Crippen LogP contribution is 2.49. The Morgan fingerprint density at radius 2 is 1.61 bits per heavy atom. The Hall–Kier alpha value is -1.28. The Morgan fingerprint density at radius 1 is 1.17 bits per heavy atom. The van der Waals surface area contributed by atoms with E-state index in [1.54, 1.807) is 6.92 Å². The number of nitrogens with zero attached hydrogens (tertiary/aromatic N) is 2. The number of aliphatic imine (C=N–C) groups is 1. The summed E-state index contributed by atoms with van der Waals surface area (Å²) in [4.78, 5) is 14.4. The van der Waals surface area contributed by atoms with E-state index in [4.69, 9.17) is 0 Å². The second-order valence-electron chi connectivity index (χ2n) is 3.85. The van der Waals surface area contributed by atoms with Crippen LogP contribution in [0.1, 0.15) is 19.8 Å². The van der Waals surface area contributed by atoms with E-state index >= 15 is 0 Å². The van der Waals surface area contributed by atoms with Crippen molar-refractivity contribution in [2.24, 2.45) is 4.99 Å². The number of carbonyl (C=O) groups excluding carboxylic acids is 1. The van der Waals surface area contributed by atoms with Crippen LogP contribution in [0.5, 0.6) is 0 Å². The third kappa shape index (κ3) is 1.85. The zero-order chi connectivity index (χ0) is 14.4. The van der Waals surface area contributed by atoms with Crippen LogP contribution in [0.25, 0.3) is 0 Å². The molecule has 1 heterocycles. The molecule has 0 aromatic heterocycles. The molecule has 104 valence electrons. The molecule has 9 heteroatoms. The van der Waals surface area contributed by atoms with Crippen LogP contribution in [0, 0.1) is 0 Å². The van der Waals surface area contributed by atoms with Gasteiger partial charge in [-0.1, -0.05) is 6.92 Å². The first-order valence-corrected chi connectivity index (χ1v) is 4.99. The van der Waals surface area contributed by atoms with E-state index in [0.717, 1.165) is 7.05 Å². The van der Waals surface area contributed by atoms with Gasteiger partial charge in [-0.15, -0.1) is 0 Å². The summed E-state index contributed by atoms with van der Waals surface area (Å²) in [6.45, 7) is 1.56. The van der Waals surface area contributed by atoms with Gasteiger partial charge < -0.3 is 4.90 Å². The van der Waals surface area contributed by atoms with E-state index < -0.39 is 29.6 Å². The lowest BCUT2D eigenvalue weighted by Gasteiger charge is -2.29. The van der Waals surface area contributed by atoms with E-state index in [9.17, 15) is 31.1 Å². The number of likely N-dealkylation sites (N-methyl/N-ethyl adjacent to an activating group) is 1. The molecule has 0 saturated heterocycles. The molecule has 0 aromatic rings. The molecule has 1 amide bonds. The van der Waals surface area contributed by atoms with Gasteiger partial charge in [-0.2, -0.15) is 26.3 Å². The summed E-state index contributed by atoms with van der Waals surface area (Å²) in [6.07, 6.45) is -11.5. The van der Waals surface area contributed by atoms with Crippen LogP contribution in [0.4, 0.5) is 26.3 Å². The van der Waals surface area contributed by atoms with E-state index in [1.807, 2.05) is 0 Å². The van der Waals surface area contributed by atoms with Crippen LogP contribution < -0.4 is 0 Å². The molecular formula is C9H10F6N2O. The smallest absolute Gasteiger partial charge is 0.301 e. The first-order chi connectivity index (χ1) is 7.99. The van der Waals surface area contributed by atoms with Gasteiger partial charge in [-0.3, -0.25) is 4.79 Å². The molecule has 1 aliphatic rings. The molecule has 0 spiro atoms. The van der Waals surface area contributed by atoms with Crippen LogP contribution in [-0.2, 0) is 4.79 Å². The third-order valence-electron chi connectivity index (χ3n) is 2.59. The van der Waals surface area contributed by atoms with Gasteiger partial charge in [0.1, 0.15) is 5.84 Å². The molecule has 0 radical (unpaired) electrons. The predicted molar refractivity (Wildman–Crippen MR) is 50.0 cm³/mol. The summed E-state index contributed by atoms with van der Waals surface area (Å²) in [6, 6.07) is 0. The first-order valence-electron chi connectivity index (χ1n) is 4.99. The lowest BCUT2D eigenvalue weighted by molar-refractivity contribution is -0.283. The molecular weight excluding hydrogens is 266 g/mol. The van der Waals surface area contributed by atoms with Crippen LogP contribution in [0.2, 0.25) is 0 Å².